The monoisotopic (exact) mass is 226 g/mol. The minimum Gasteiger partial charge on any atom is -0.481 e. The third-order valence-corrected chi connectivity index (χ3v) is 2.97. The van der Waals surface area contributed by atoms with Gasteiger partial charge in [0.1, 0.15) is 5.75 Å². The summed E-state index contributed by atoms with van der Waals surface area (Å²) in [5.41, 5.74) is 2.10. The molecule has 0 saturated heterocycles. The second-order valence-electron chi connectivity index (χ2n) is 3.69. The van der Waals surface area contributed by atoms with Crippen LogP contribution in [0.3, 0.4) is 0 Å². The van der Waals surface area contributed by atoms with Gasteiger partial charge in [-0.05, 0) is 44.9 Å². The first kappa shape index (κ1) is 12.1. The van der Waals surface area contributed by atoms with Gasteiger partial charge in [0.2, 0.25) is 0 Å². The molecule has 1 atom stereocenters. The standard InChI is InChI=1S/C12H15ClO2/c1-7-5-6-11(12(13)8(7)2)15-10(4)9(3)14/h5-6,10H,1-4H3. The lowest BCUT2D eigenvalue weighted by Crippen LogP contribution is -2.20. The number of rotatable bonds is 3. The van der Waals surface area contributed by atoms with Gasteiger partial charge in [-0.3, -0.25) is 4.79 Å². The minimum atomic E-state index is -0.454. The number of ketones is 1. The van der Waals surface area contributed by atoms with E-state index in [9.17, 15) is 4.79 Å². The van der Waals surface area contributed by atoms with Crippen LogP contribution in [-0.2, 0) is 4.79 Å². The van der Waals surface area contributed by atoms with E-state index in [1.807, 2.05) is 19.9 Å². The van der Waals surface area contributed by atoms with E-state index < -0.39 is 6.10 Å². The molecule has 1 unspecified atom stereocenters. The third kappa shape index (κ3) is 2.72. The zero-order valence-corrected chi connectivity index (χ0v) is 10.2. The summed E-state index contributed by atoms with van der Waals surface area (Å²) < 4.78 is 5.46. The number of hydrogen-bond acceptors (Lipinski definition) is 2. The minimum absolute atomic E-state index is 0.00991. The van der Waals surface area contributed by atoms with Crippen molar-refractivity contribution in [3.63, 3.8) is 0 Å². The molecule has 0 aliphatic heterocycles. The van der Waals surface area contributed by atoms with Gasteiger partial charge >= 0.3 is 0 Å². The van der Waals surface area contributed by atoms with Crippen LogP contribution in [0.4, 0.5) is 0 Å². The molecule has 0 spiro atoms. The molecule has 0 amide bonds. The molecule has 0 saturated carbocycles. The average molecular weight is 227 g/mol. The average Bonchev–Trinajstić information content (AvgIpc) is 2.18. The molecule has 1 aromatic rings. The molecule has 0 aromatic heterocycles. The Bertz CT molecular complexity index is 385. The molecule has 0 bridgehead atoms. The maximum atomic E-state index is 11.0. The Morgan fingerprint density at radius 2 is 2.00 bits per heavy atom. The highest BCUT2D eigenvalue weighted by Crippen LogP contribution is 2.30. The summed E-state index contributed by atoms with van der Waals surface area (Å²) in [7, 11) is 0. The predicted molar refractivity (Wildman–Crippen MR) is 61.7 cm³/mol. The quantitative estimate of drug-likeness (QED) is 0.791. The number of aryl methyl sites for hydroxylation is 1. The second kappa shape index (κ2) is 4.67. The van der Waals surface area contributed by atoms with Crippen molar-refractivity contribution in [3.8, 4) is 5.75 Å². The van der Waals surface area contributed by atoms with Crippen molar-refractivity contribution in [2.45, 2.75) is 33.8 Å². The van der Waals surface area contributed by atoms with E-state index in [1.165, 1.54) is 6.92 Å². The molecule has 1 rings (SSSR count). The summed E-state index contributed by atoms with van der Waals surface area (Å²) in [6, 6.07) is 3.73. The van der Waals surface area contributed by atoms with Crippen molar-refractivity contribution < 1.29 is 9.53 Å². The lowest BCUT2D eigenvalue weighted by atomic mass is 10.1. The number of halogens is 1. The van der Waals surface area contributed by atoms with Gasteiger partial charge in [0.25, 0.3) is 0 Å². The van der Waals surface area contributed by atoms with Gasteiger partial charge in [-0.2, -0.15) is 0 Å². The van der Waals surface area contributed by atoms with Crippen LogP contribution < -0.4 is 4.74 Å². The lowest BCUT2D eigenvalue weighted by molar-refractivity contribution is -0.122. The summed E-state index contributed by atoms with van der Waals surface area (Å²) in [6.45, 7) is 7.13. The van der Waals surface area contributed by atoms with Crippen molar-refractivity contribution in [1.29, 1.82) is 0 Å². The van der Waals surface area contributed by atoms with E-state index in [2.05, 4.69) is 0 Å². The van der Waals surface area contributed by atoms with E-state index >= 15 is 0 Å². The van der Waals surface area contributed by atoms with Crippen LogP contribution in [0.2, 0.25) is 5.02 Å². The van der Waals surface area contributed by atoms with Gasteiger partial charge in [0, 0.05) is 0 Å². The maximum Gasteiger partial charge on any atom is 0.169 e. The molecule has 0 aliphatic rings. The smallest absolute Gasteiger partial charge is 0.169 e. The predicted octanol–water partition coefficient (Wildman–Crippen LogP) is 3.31. The van der Waals surface area contributed by atoms with Crippen LogP contribution in [0.5, 0.6) is 5.75 Å². The maximum absolute atomic E-state index is 11.0. The molecule has 3 heteroatoms. The van der Waals surface area contributed by atoms with Crippen LogP contribution >= 0.6 is 11.6 Å². The molecule has 0 fully saturated rings. The first-order valence-corrected chi connectivity index (χ1v) is 5.24. The fraction of sp³-hybridized carbons (Fsp3) is 0.417. The van der Waals surface area contributed by atoms with Crippen molar-refractivity contribution in [2.75, 3.05) is 0 Å². The fourth-order valence-corrected chi connectivity index (χ4v) is 1.38. The molecule has 0 N–H and O–H groups in total. The highest BCUT2D eigenvalue weighted by Gasteiger charge is 2.13. The molecule has 0 aliphatic carbocycles. The largest absolute Gasteiger partial charge is 0.481 e. The van der Waals surface area contributed by atoms with Crippen molar-refractivity contribution in [2.24, 2.45) is 0 Å². The Labute approximate surface area is 95.2 Å². The highest BCUT2D eigenvalue weighted by atomic mass is 35.5. The topological polar surface area (TPSA) is 26.3 Å². The van der Waals surface area contributed by atoms with E-state index in [4.69, 9.17) is 16.3 Å². The molecule has 15 heavy (non-hydrogen) atoms. The van der Waals surface area contributed by atoms with Gasteiger partial charge < -0.3 is 4.74 Å². The first-order valence-electron chi connectivity index (χ1n) is 4.86. The number of carbonyl (C=O) groups is 1. The zero-order chi connectivity index (χ0) is 11.6. The summed E-state index contributed by atoms with van der Waals surface area (Å²) >= 11 is 6.11. The summed E-state index contributed by atoms with van der Waals surface area (Å²) in [5, 5.41) is 0.586. The number of benzene rings is 1. The fourth-order valence-electron chi connectivity index (χ4n) is 1.12. The normalized spacial score (nSPS) is 12.3. The number of hydrogen-bond donors (Lipinski definition) is 0. The van der Waals surface area contributed by atoms with Crippen molar-refractivity contribution in [3.05, 3.63) is 28.3 Å². The number of ether oxygens (including phenoxy) is 1. The van der Waals surface area contributed by atoms with Gasteiger partial charge in [-0.25, -0.2) is 0 Å². The lowest BCUT2D eigenvalue weighted by Gasteiger charge is -2.14. The molecule has 1 aromatic carbocycles. The van der Waals surface area contributed by atoms with E-state index in [0.717, 1.165) is 11.1 Å². The highest BCUT2D eigenvalue weighted by molar-refractivity contribution is 6.32. The van der Waals surface area contributed by atoms with Gasteiger partial charge in [0.15, 0.2) is 11.9 Å². The van der Waals surface area contributed by atoms with Crippen molar-refractivity contribution in [1.82, 2.24) is 0 Å². The SMILES string of the molecule is CC(=O)C(C)Oc1ccc(C)c(C)c1Cl. The van der Waals surface area contributed by atoms with Gasteiger partial charge in [0.05, 0.1) is 5.02 Å². The third-order valence-electron chi connectivity index (χ3n) is 2.50. The molecular weight excluding hydrogens is 212 g/mol. The van der Waals surface area contributed by atoms with Crippen LogP contribution in [0.25, 0.3) is 0 Å². The second-order valence-corrected chi connectivity index (χ2v) is 4.07. The van der Waals surface area contributed by atoms with E-state index in [-0.39, 0.29) is 5.78 Å². The molecule has 0 radical (unpaired) electrons. The van der Waals surface area contributed by atoms with Crippen molar-refractivity contribution >= 4 is 17.4 Å². The molecule has 82 valence electrons. The Hall–Kier alpha value is -1.02. The molecule has 0 heterocycles. The van der Waals surface area contributed by atoms with E-state index in [0.29, 0.717) is 10.8 Å². The Morgan fingerprint density at radius 3 is 2.53 bits per heavy atom. The summed E-state index contributed by atoms with van der Waals surface area (Å²) in [4.78, 5) is 11.0. The van der Waals surface area contributed by atoms with Crippen LogP contribution in [-0.4, -0.2) is 11.9 Å². The summed E-state index contributed by atoms with van der Waals surface area (Å²) in [6.07, 6.45) is -0.454. The molecule has 2 nitrogen and oxygen atoms in total. The van der Waals surface area contributed by atoms with Gasteiger partial charge in [-0.15, -0.1) is 0 Å². The molecular formula is C12H15ClO2. The Morgan fingerprint density at radius 1 is 1.40 bits per heavy atom. The zero-order valence-electron chi connectivity index (χ0n) is 9.43. The van der Waals surface area contributed by atoms with E-state index in [1.54, 1.807) is 13.0 Å². The Kier molecular flexibility index (Phi) is 3.75. The van der Waals surface area contributed by atoms with Crippen LogP contribution in [0.15, 0.2) is 12.1 Å². The summed E-state index contributed by atoms with van der Waals surface area (Å²) in [5.74, 6) is 0.562. The van der Waals surface area contributed by atoms with Crippen LogP contribution in [0, 0.1) is 13.8 Å². The first-order chi connectivity index (χ1) is 6.93. The Balaban J connectivity index is 2.97. The van der Waals surface area contributed by atoms with Crippen LogP contribution in [0.1, 0.15) is 25.0 Å². The van der Waals surface area contributed by atoms with Gasteiger partial charge in [-0.1, -0.05) is 17.7 Å². The number of Topliss-reactive ketones (excluding diaryl/α,β-unsaturated/α-hetero) is 1. The number of carbonyl (C=O) groups excluding carboxylic acids is 1.